The molecule has 16 heavy (non-hydrogen) atoms. The van der Waals surface area contributed by atoms with E-state index < -0.39 is 0 Å². The fourth-order valence-electron chi connectivity index (χ4n) is 3.05. The Balaban J connectivity index is 2.03. The first-order valence-electron chi connectivity index (χ1n) is 6.77. The summed E-state index contributed by atoms with van der Waals surface area (Å²) in [6.45, 7) is 8.45. The van der Waals surface area contributed by atoms with Gasteiger partial charge >= 0.3 is 0 Å². The lowest BCUT2D eigenvalue weighted by molar-refractivity contribution is -0.0403. The summed E-state index contributed by atoms with van der Waals surface area (Å²) >= 11 is 0. The van der Waals surface area contributed by atoms with E-state index in [9.17, 15) is 0 Å². The molecule has 0 aromatic rings. The van der Waals surface area contributed by atoms with Crippen LogP contribution in [-0.4, -0.2) is 42.8 Å². The SMILES string of the molecule is CCC(C)(C(N)C1CCC1)N1CCOCC1. The van der Waals surface area contributed by atoms with E-state index in [1.807, 2.05) is 0 Å². The molecule has 94 valence electrons. The summed E-state index contributed by atoms with van der Waals surface area (Å²) < 4.78 is 5.44. The van der Waals surface area contributed by atoms with E-state index in [0.29, 0.717) is 6.04 Å². The van der Waals surface area contributed by atoms with Crippen molar-refractivity contribution in [3.05, 3.63) is 0 Å². The summed E-state index contributed by atoms with van der Waals surface area (Å²) in [6.07, 6.45) is 5.19. The van der Waals surface area contributed by atoms with Crippen LogP contribution < -0.4 is 5.73 Å². The van der Waals surface area contributed by atoms with Gasteiger partial charge in [0.25, 0.3) is 0 Å². The fraction of sp³-hybridized carbons (Fsp3) is 1.00. The Kier molecular flexibility index (Phi) is 3.88. The highest BCUT2D eigenvalue weighted by Crippen LogP contribution is 2.37. The summed E-state index contributed by atoms with van der Waals surface area (Å²) in [5, 5.41) is 0. The smallest absolute Gasteiger partial charge is 0.0594 e. The maximum Gasteiger partial charge on any atom is 0.0594 e. The van der Waals surface area contributed by atoms with Crippen molar-refractivity contribution in [3.8, 4) is 0 Å². The number of nitrogens with zero attached hydrogens (tertiary/aromatic N) is 1. The molecule has 2 atom stereocenters. The van der Waals surface area contributed by atoms with Crippen molar-refractivity contribution < 1.29 is 4.74 Å². The summed E-state index contributed by atoms with van der Waals surface area (Å²) in [6, 6.07) is 0.337. The molecule has 1 aliphatic heterocycles. The number of morpholine rings is 1. The molecular weight excluding hydrogens is 200 g/mol. The van der Waals surface area contributed by atoms with Crippen LogP contribution in [-0.2, 0) is 4.74 Å². The van der Waals surface area contributed by atoms with Crippen LogP contribution in [0, 0.1) is 5.92 Å². The van der Waals surface area contributed by atoms with Gasteiger partial charge in [-0.05, 0) is 32.1 Å². The number of rotatable bonds is 4. The fourth-order valence-corrected chi connectivity index (χ4v) is 3.05. The molecule has 1 aliphatic carbocycles. The zero-order valence-electron chi connectivity index (χ0n) is 10.7. The Bertz CT molecular complexity index is 220. The zero-order chi connectivity index (χ0) is 11.6. The molecule has 0 radical (unpaired) electrons. The lowest BCUT2D eigenvalue weighted by atomic mass is 9.71. The van der Waals surface area contributed by atoms with Gasteiger partial charge in [0.05, 0.1) is 13.2 Å². The third-order valence-corrected chi connectivity index (χ3v) is 4.83. The molecule has 2 aliphatic rings. The van der Waals surface area contributed by atoms with Gasteiger partial charge < -0.3 is 10.5 Å². The molecule has 3 nitrogen and oxygen atoms in total. The van der Waals surface area contributed by atoms with E-state index in [1.165, 1.54) is 19.3 Å². The van der Waals surface area contributed by atoms with Crippen molar-refractivity contribution in [2.75, 3.05) is 26.3 Å². The van der Waals surface area contributed by atoms with Gasteiger partial charge in [-0.15, -0.1) is 0 Å². The van der Waals surface area contributed by atoms with Gasteiger partial charge in [0.2, 0.25) is 0 Å². The summed E-state index contributed by atoms with van der Waals surface area (Å²) in [5.41, 5.74) is 6.69. The van der Waals surface area contributed by atoms with Crippen LogP contribution in [0.2, 0.25) is 0 Å². The second-order valence-corrected chi connectivity index (χ2v) is 5.53. The minimum absolute atomic E-state index is 0.175. The first-order chi connectivity index (χ1) is 7.68. The van der Waals surface area contributed by atoms with Gasteiger partial charge in [0.1, 0.15) is 0 Å². The molecule has 2 rings (SSSR count). The van der Waals surface area contributed by atoms with E-state index in [4.69, 9.17) is 10.5 Å². The molecule has 0 bridgehead atoms. The minimum Gasteiger partial charge on any atom is -0.379 e. The Morgan fingerprint density at radius 1 is 1.38 bits per heavy atom. The third-order valence-electron chi connectivity index (χ3n) is 4.83. The van der Waals surface area contributed by atoms with Crippen molar-refractivity contribution in [3.63, 3.8) is 0 Å². The predicted octanol–water partition coefficient (Wildman–Crippen LogP) is 1.61. The number of nitrogens with two attached hydrogens (primary N) is 1. The number of hydrogen-bond donors (Lipinski definition) is 1. The van der Waals surface area contributed by atoms with Gasteiger partial charge in [-0.2, -0.15) is 0 Å². The van der Waals surface area contributed by atoms with Crippen molar-refractivity contribution in [1.29, 1.82) is 0 Å². The summed E-state index contributed by atoms with van der Waals surface area (Å²) in [5.74, 6) is 0.757. The first kappa shape index (κ1) is 12.3. The highest BCUT2D eigenvalue weighted by molar-refractivity contribution is 5.00. The monoisotopic (exact) mass is 226 g/mol. The lowest BCUT2D eigenvalue weighted by Gasteiger charge is -2.50. The van der Waals surface area contributed by atoms with Crippen LogP contribution in [0.15, 0.2) is 0 Å². The van der Waals surface area contributed by atoms with Gasteiger partial charge in [-0.3, -0.25) is 4.90 Å². The second-order valence-electron chi connectivity index (χ2n) is 5.53. The number of ether oxygens (including phenoxy) is 1. The van der Waals surface area contributed by atoms with Crippen LogP contribution in [0.1, 0.15) is 39.5 Å². The summed E-state index contributed by atoms with van der Waals surface area (Å²) in [4.78, 5) is 2.56. The first-order valence-corrected chi connectivity index (χ1v) is 6.77. The van der Waals surface area contributed by atoms with E-state index in [0.717, 1.165) is 38.6 Å². The average molecular weight is 226 g/mol. The average Bonchev–Trinajstić information content (AvgIpc) is 2.27. The molecule has 2 fully saturated rings. The van der Waals surface area contributed by atoms with Gasteiger partial charge in [-0.1, -0.05) is 13.3 Å². The van der Waals surface area contributed by atoms with Crippen LogP contribution in [0.25, 0.3) is 0 Å². The molecule has 2 unspecified atom stereocenters. The normalized spacial score (nSPS) is 29.4. The molecule has 1 saturated carbocycles. The van der Waals surface area contributed by atoms with Crippen molar-refractivity contribution in [2.45, 2.75) is 51.1 Å². The molecule has 0 aromatic heterocycles. The molecule has 2 N–H and O–H groups in total. The Hall–Kier alpha value is -0.120. The molecule has 0 aromatic carbocycles. The van der Waals surface area contributed by atoms with E-state index in [2.05, 4.69) is 18.7 Å². The quantitative estimate of drug-likeness (QED) is 0.791. The van der Waals surface area contributed by atoms with Crippen LogP contribution in [0.3, 0.4) is 0 Å². The zero-order valence-corrected chi connectivity index (χ0v) is 10.7. The maximum absolute atomic E-state index is 6.52. The van der Waals surface area contributed by atoms with Gasteiger partial charge in [0.15, 0.2) is 0 Å². The standard InChI is InChI=1S/C13H26N2O/c1-3-13(2,12(14)11-5-4-6-11)15-7-9-16-10-8-15/h11-12H,3-10,14H2,1-2H3. The molecule has 3 heteroatoms. The largest absolute Gasteiger partial charge is 0.379 e. The van der Waals surface area contributed by atoms with Gasteiger partial charge in [0, 0.05) is 24.7 Å². The van der Waals surface area contributed by atoms with Gasteiger partial charge in [-0.25, -0.2) is 0 Å². The van der Waals surface area contributed by atoms with Crippen LogP contribution in [0.5, 0.6) is 0 Å². The Morgan fingerprint density at radius 3 is 2.44 bits per heavy atom. The van der Waals surface area contributed by atoms with Crippen molar-refractivity contribution >= 4 is 0 Å². The summed E-state index contributed by atoms with van der Waals surface area (Å²) in [7, 11) is 0. The minimum atomic E-state index is 0.175. The Morgan fingerprint density at radius 2 is 2.00 bits per heavy atom. The highest BCUT2D eigenvalue weighted by atomic mass is 16.5. The molecular formula is C13H26N2O. The van der Waals surface area contributed by atoms with E-state index in [-0.39, 0.29) is 5.54 Å². The predicted molar refractivity (Wildman–Crippen MR) is 66.4 cm³/mol. The molecule has 0 amide bonds. The molecule has 1 saturated heterocycles. The Labute approximate surface area is 99.3 Å². The van der Waals surface area contributed by atoms with E-state index in [1.54, 1.807) is 0 Å². The van der Waals surface area contributed by atoms with E-state index >= 15 is 0 Å². The maximum atomic E-state index is 6.52. The molecule has 1 heterocycles. The highest BCUT2D eigenvalue weighted by Gasteiger charge is 2.42. The number of hydrogen-bond acceptors (Lipinski definition) is 3. The van der Waals surface area contributed by atoms with Crippen molar-refractivity contribution in [1.82, 2.24) is 4.90 Å². The molecule has 0 spiro atoms. The third kappa shape index (κ3) is 2.13. The topological polar surface area (TPSA) is 38.5 Å². The van der Waals surface area contributed by atoms with Crippen LogP contribution in [0.4, 0.5) is 0 Å². The second kappa shape index (κ2) is 5.03. The van der Waals surface area contributed by atoms with Crippen LogP contribution >= 0.6 is 0 Å². The lowest BCUT2D eigenvalue weighted by Crippen LogP contribution is -2.63. The van der Waals surface area contributed by atoms with Crippen molar-refractivity contribution in [2.24, 2.45) is 11.7 Å².